The van der Waals surface area contributed by atoms with Crippen molar-refractivity contribution >= 4 is 22.7 Å². The second-order valence-electron chi connectivity index (χ2n) is 4.96. The van der Waals surface area contributed by atoms with E-state index in [9.17, 15) is 9.90 Å². The number of carbonyl (C=O) groups is 1. The molecule has 2 heterocycles. The van der Waals surface area contributed by atoms with Crippen LogP contribution in [0.4, 0.5) is 5.69 Å². The molecular formula is C15H15N5O3. The average Bonchev–Trinajstić information content (AvgIpc) is 2.93. The van der Waals surface area contributed by atoms with Crippen LogP contribution in [0, 0.1) is 13.8 Å². The van der Waals surface area contributed by atoms with Crippen molar-refractivity contribution in [1.82, 2.24) is 19.6 Å². The van der Waals surface area contributed by atoms with Gasteiger partial charge in [-0.1, -0.05) is 6.07 Å². The number of ether oxygens (including phenoxy) is 1. The molecule has 0 saturated heterocycles. The third-order valence-electron chi connectivity index (χ3n) is 3.46. The number of nitrogens with one attached hydrogen (secondary N) is 1. The molecule has 0 atom stereocenters. The molecular weight excluding hydrogens is 298 g/mol. The lowest BCUT2D eigenvalue weighted by molar-refractivity contribution is 0.0698. The van der Waals surface area contributed by atoms with E-state index in [1.165, 1.54) is 19.5 Å². The minimum absolute atomic E-state index is 0.164. The summed E-state index contributed by atoms with van der Waals surface area (Å²) in [5, 5.41) is 9.36. The highest BCUT2D eigenvalue weighted by atomic mass is 16.5. The normalized spacial score (nSPS) is 10.7. The van der Waals surface area contributed by atoms with Crippen LogP contribution < -0.4 is 10.2 Å². The number of hydrogen-bond acceptors (Lipinski definition) is 6. The standard InChI is InChI=1S/C15H15N5O3/c1-8-12(9(2)18-15(17-8)23-3)19-20-7-16-11-6-4-5-10(13(11)20)14(21)22/h4-7,19H,1-3H3,(H,21,22). The molecule has 0 radical (unpaired) electrons. The molecule has 0 unspecified atom stereocenters. The molecule has 3 aromatic rings. The highest BCUT2D eigenvalue weighted by Gasteiger charge is 2.15. The van der Waals surface area contributed by atoms with E-state index < -0.39 is 5.97 Å². The summed E-state index contributed by atoms with van der Waals surface area (Å²) in [6.45, 7) is 3.63. The lowest BCUT2D eigenvalue weighted by Gasteiger charge is -2.14. The first kappa shape index (κ1) is 14.8. The number of benzene rings is 1. The number of hydrogen-bond donors (Lipinski definition) is 2. The predicted octanol–water partition coefficient (Wildman–Crippen LogP) is 2.03. The maximum atomic E-state index is 11.4. The third kappa shape index (κ3) is 2.54. The minimum Gasteiger partial charge on any atom is -0.478 e. The smallest absolute Gasteiger partial charge is 0.337 e. The number of carboxylic acid groups (broad SMARTS) is 1. The first-order valence-electron chi connectivity index (χ1n) is 6.87. The van der Waals surface area contributed by atoms with Gasteiger partial charge in [0.15, 0.2) is 0 Å². The topological polar surface area (TPSA) is 102 Å². The lowest BCUT2D eigenvalue weighted by Crippen LogP contribution is -2.14. The number of aromatic carboxylic acids is 1. The molecule has 2 N–H and O–H groups in total. The van der Waals surface area contributed by atoms with Gasteiger partial charge in [-0.25, -0.2) is 14.5 Å². The molecule has 23 heavy (non-hydrogen) atoms. The zero-order valence-electron chi connectivity index (χ0n) is 12.9. The van der Waals surface area contributed by atoms with Crippen LogP contribution in [0.1, 0.15) is 21.7 Å². The van der Waals surface area contributed by atoms with E-state index in [0.29, 0.717) is 28.1 Å². The Kier molecular flexibility index (Phi) is 3.57. The second-order valence-corrected chi connectivity index (χ2v) is 4.96. The fraction of sp³-hybridized carbons (Fsp3) is 0.200. The fourth-order valence-corrected chi connectivity index (χ4v) is 2.38. The Labute approximate surface area is 131 Å². The van der Waals surface area contributed by atoms with Gasteiger partial charge in [-0.05, 0) is 26.0 Å². The SMILES string of the molecule is COc1nc(C)c(Nn2cnc3cccc(C(=O)O)c32)c(C)n1. The van der Waals surface area contributed by atoms with Crippen molar-refractivity contribution < 1.29 is 14.6 Å². The van der Waals surface area contributed by atoms with Crippen molar-refractivity contribution in [3.8, 4) is 6.01 Å². The molecule has 118 valence electrons. The summed E-state index contributed by atoms with van der Waals surface area (Å²) >= 11 is 0. The van der Waals surface area contributed by atoms with Gasteiger partial charge >= 0.3 is 12.0 Å². The van der Waals surface area contributed by atoms with Gasteiger partial charge in [0, 0.05) is 0 Å². The van der Waals surface area contributed by atoms with E-state index in [4.69, 9.17) is 4.74 Å². The Bertz CT molecular complexity index is 880. The Hall–Kier alpha value is -3.16. The number of rotatable bonds is 4. The van der Waals surface area contributed by atoms with Gasteiger partial charge in [-0.3, -0.25) is 5.43 Å². The summed E-state index contributed by atoms with van der Waals surface area (Å²) in [6, 6.07) is 5.24. The Morgan fingerprint density at radius 2 is 1.96 bits per heavy atom. The van der Waals surface area contributed by atoms with Crippen LogP contribution in [0.3, 0.4) is 0 Å². The van der Waals surface area contributed by atoms with Crippen LogP contribution in [0.2, 0.25) is 0 Å². The molecule has 0 aliphatic carbocycles. The Balaban J connectivity index is 2.11. The van der Waals surface area contributed by atoms with Crippen molar-refractivity contribution in [3.63, 3.8) is 0 Å². The quantitative estimate of drug-likeness (QED) is 0.759. The molecule has 1 aromatic carbocycles. The van der Waals surface area contributed by atoms with Gasteiger partial charge in [0.1, 0.15) is 11.8 Å². The largest absolute Gasteiger partial charge is 0.478 e. The molecule has 2 aromatic heterocycles. The van der Waals surface area contributed by atoms with Crippen LogP contribution in [-0.2, 0) is 0 Å². The zero-order valence-corrected chi connectivity index (χ0v) is 12.9. The summed E-state index contributed by atoms with van der Waals surface area (Å²) in [5.41, 5.74) is 6.39. The van der Waals surface area contributed by atoms with Crippen molar-refractivity contribution in [2.75, 3.05) is 12.5 Å². The van der Waals surface area contributed by atoms with Gasteiger partial charge < -0.3 is 9.84 Å². The molecule has 8 heteroatoms. The van der Waals surface area contributed by atoms with E-state index in [2.05, 4.69) is 20.4 Å². The number of methoxy groups -OCH3 is 1. The zero-order chi connectivity index (χ0) is 16.6. The number of nitrogens with zero attached hydrogens (tertiary/aromatic N) is 4. The van der Waals surface area contributed by atoms with E-state index in [1.54, 1.807) is 16.8 Å². The van der Waals surface area contributed by atoms with Gasteiger partial charge in [0.05, 0.1) is 35.3 Å². The number of carboxylic acids is 1. The van der Waals surface area contributed by atoms with E-state index in [1.807, 2.05) is 13.8 Å². The fourth-order valence-electron chi connectivity index (χ4n) is 2.38. The number of fused-ring (bicyclic) bond motifs is 1. The molecule has 3 rings (SSSR count). The summed E-state index contributed by atoms with van der Waals surface area (Å²) in [4.78, 5) is 24.1. The highest BCUT2D eigenvalue weighted by molar-refractivity contribution is 6.01. The van der Waals surface area contributed by atoms with Crippen LogP contribution >= 0.6 is 0 Å². The number of aromatic nitrogens is 4. The first-order chi connectivity index (χ1) is 11.0. The predicted molar refractivity (Wildman–Crippen MR) is 83.8 cm³/mol. The van der Waals surface area contributed by atoms with Crippen LogP contribution in [0.25, 0.3) is 11.0 Å². The average molecular weight is 313 g/mol. The van der Waals surface area contributed by atoms with Crippen molar-refractivity contribution in [2.45, 2.75) is 13.8 Å². The van der Waals surface area contributed by atoms with Gasteiger partial charge in [0.25, 0.3) is 0 Å². The summed E-state index contributed by atoms with van der Waals surface area (Å²) in [5.74, 6) is -1.02. The van der Waals surface area contributed by atoms with Gasteiger partial charge in [-0.15, -0.1) is 0 Å². The van der Waals surface area contributed by atoms with Gasteiger partial charge in [-0.2, -0.15) is 9.97 Å². The van der Waals surface area contributed by atoms with E-state index >= 15 is 0 Å². The lowest BCUT2D eigenvalue weighted by atomic mass is 10.2. The molecule has 0 aliphatic heterocycles. The Morgan fingerprint density at radius 1 is 1.26 bits per heavy atom. The van der Waals surface area contributed by atoms with Crippen LogP contribution in [-0.4, -0.2) is 37.8 Å². The monoisotopic (exact) mass is 313 g/mol. The van der Waals surface area contributed by atoms with Crippen molar-refractivity contribution in [2.24, 2.45) is 0 Å². The molecule has 0 spiro atoms. The number of imidazole rings is 1. The molecule has 0 aliphatic rings. The summed E-state index contributed by atoms with van der Waals surface area (Å²) in [6.07, 6.45) is 1.53. The second kappa shape index (κ2) is 5.56. The number of anilines is 1. The Morgan fingerprint density at radius 3 is 2.57 bits per heavy atom. The minimum atomic E-state index is -1.02. The number of para-hydroxylation sites is 1. The maximum Gasteiger partial charge on any atom is 0.337 e. The maximum absolute atomic E-state index is 11.4. The van der Waals surface area contributed by atoms with Crippen molar-refractivity contribution in [1.29, 1.82) is 0 Å². The molecule has 0 amide bonds. The summed E-state index contributed by atoms with van der Waals surface area (Å²) in [7, 11) is 1.50. The third-order valence-corrected chi connectivity index (χ3v) is 3.46. The van der Waals surface area contributed by atoms with E-state index in [0.717, 1.165) is 0 Å². The van der Waals surface area contributed by atoms with Crippen LogP contribution in [0.5, 0.6) is 6.01 Å². The molecule has 0 fully saturated rings. The molecule has 0 bridgehead atoms. The molecule has 8 nitrogen and oxygen atoms in total. The number of aryl methyl sites for hydroxylation is 2. The molecule has 0 saturated carbocycles. The van der Waals surface area contributed by atoms with Gasteiger partial charge in [0.2, 0.25) is 0 Å². The van der Waals surface area contributed by atoms with Crippen LogP contribution in [0.15, 0.2) is 24.5 Å². The highest BCUT2D eigenvalue weighted by Crippen LogP contribution is 2.23. The summed E-state index contributed by atoms with van der Waals surface area (Å²) < 4.78 is 6.60. The van der Waals surface area contributed by atoms with Crippen molar-refractivity contribution in [3.05, 3.63) is 41.5 Å². The van der Waals surface area contributed by atoms with E-state index in [-0.39, 0.29) is 11.6 Å². The first-order valence-corrected chi connectivity index (χ1v) is 6.87.